The van der Waals surface area contributed by atoms with E-state index >= 15 is 0 Å². The molecule has 0 saturated carbocycles. The second-order valence-corrected chi connectivity index (χ2v) is 9.50. The number of aromatic nitrogens is 1. The van der Waals surface area contributed by atoms with Crippen LogP contribution in [0.1, 0.15) is 30.3 Å². The lowest BCUT2D eigenvalue weighted by atomic mass is 9.97. The molecule has 1 aromatic carbocycles. The van der Waals surface area contributed by atoms with Gasteiger partial charge >= 0.3 is 0 Å². The van der Waals surface area contributed by atoms with E-state index in [9.17, 15) is 13.2 Å². The molecule has 0 bridgehead atoms. The van der Waals surface area contributed by atoms with Crippen molar-refractivity contribution in [3.05, 3.63) is 40.9 Å². The van der Waals surface area contributed by atoms with Crippen LogP contribution in [0, 0.1) is 12.8 Å². The SMILES string of the molecule is CCc1nc(NC(=O)C2CCN(S(=O)(=O)c3ccccc3)CC2)sc1C. The first-order valence-corrected chi connectivity index (χ1v) is 11.0. The first-order valence-electron chi connectivity index (χ1n) is 8.74. The topological polar surface area (TPSA) is 79.4 Å². The predicted molar refractivity (Wildman–Crippen MR) is 103 cm³/mol. The summed E-state index contributed by atoms with van der Waals surface area (Å²) in [7, 11) is -3.48. The monoisotopic (exact) mass is 393 g/mol. The van der Waals surface area contributed by atoms with Gasteiger partial charge in [0.05, 0.1) is 10.6 Å². The lowest BCUT2D eigenvalue weighted by Gasteiger charge is -2.30. The Morgan fingerprint density at radius 1 is 1.27 bits per heavy atom. The molecular weight excluding hydrogens is 370 g/mol. The lowest BCUT2D eigenvalue weighted by Crippen LogP contribution is -2.41. The quantitative estimate of drug-likeness (QED) is 0.847. The van der Waals surface area contributed by atoms with Gasteiger partial charge in [0.2, 0.25) is 15.9 Å². The fourth-order valence-corrected chi connectivity index (χ4v) is 5.51. The van der Waals surface area contributed by atoms with Crippen molar-refractivity contribution >= 4 is 32.4 Å². The van der Waals surface area contributed by atoms with Crippen LogP contribution in [-0.2, 0) is 21.2 Å². The lowest BCUT2D eigenvalue weighted by molar-refractivity contribution is -0.120. The van der Waals surface area contributed by atoms with Gasteiger partial charge in [-0.25, -0.2) is 13.4 Å². The van der Waals surface area contributed by atoms with Crippen LogP contribution in [0.5, 0.6) is 0 Å². The van der Waals surface area contributed by atoms with Gasteiger partial charge in [-0.1, -0.05) is 25.1 Å². The molecule has 1 aliphatic rings. The van der Waals surface area contributed by atoms with Gasteiger partial charge in [-0.3, -0.25) is 4.79 Å². The van der Waals surface area contributed by atoms with Gasteiger partial charge in [0, 0.05) is 23.9 Å². The maximum atomic E-state index is 12.6. The smallest absolute Gasteiger partial charge is 0.243 e. The Balaban J connectivity index is 1.60. The molecule has 0 atom stereocenters. The van der Waals surface area contributed by atoms with Gasteiger partial charge in [0.1, 0.15) is 0 Å². The van der Waals surface area contributed by atoms with Crippen LogP contribution >= 0.6 is 11.3 Å². The zero-order valence-corrected chi connectivity index (χ0v) is 16.6. The highest BCUT2D eigenvalue weighted by atomic mass is 32.2. The van der Waals surface area contributed by atoms with E-state index in [0.717, 1.165) is 17.0 Å². The molecule has 3 rings (SSSR count). The van der Waals surface area contributed by atoms with Crippen LogP contribution in [0.25, 0.3) is 0 Å². The Morgan fingerprint density at radius 2 is 1.92 bits per heavy atom. The molecule has 1 amide bonds. The number of hydrogen-bond acceptors (Lipinski definition) is 5. The molecule has 26 heavy (non-hydrogen) atoms. The van der Waals surface area contributed by atoms with E-state index in [2.05, 4.69) is 10.3 Å². The summed E-state index contributed by atoms with van der Waals surface area (Å²) in [5, 5.41) is 3.52. The Kier molecular flexibility index (Phi) is 5.74. The summed E-state index contributed by atoms with van der Waals surface area (Å²) in [5.41, 5.74) is 1.01. The molecule has 0 spiro atoms. The second-order valence-electron chi connectivity index (χ2n) is 6.36. The van der Waals surface area contributed by atoms with Crippen LogP contribution in [0.3, 0.4) is 0 Å². The number of sulfonamides is 1. The summed E-state index contributed by atoms with van der Waals surface area (Å²) >= 11 is 1.48. The van der Waals surface area contributed by atoms with Crippen LogP contribution in [0.15, 0.2) is 35.2 Å². The number of carbonyl (C=O) groups excluding carboxylic acids is 1. The maximum absolute atomic E-state index is 12.6. The third-order valence-electron chi connectivity index (χ3n) is 4.66. The number of anilines is 1. The van der Waals surface area contributed by atoms with Crippen molar-refractivity contribution < 1.29 is 13.2 Å². The molecule has 2 aromatic rings. The molecule has 0 aliphatic carbocycles. The molecule has 0 radical (unpaired) electrons. The number of nitrogens with zero attached hydrogens (tertiary/aromatic N) is 2. The standard InChI is InChI=1S/C18H23N3O3S2/c1-3-16-13(2)25-18(19-16)20-17(22)14-9-11-21(12-10-14)26(23,24)15-7-5-4-6-8-15/h4-8,14H,3,9-12H2,1-2H3,(H,19,20,22). The van der Waals surface area contributed by atoms with Crippen molar-refractivity contribution in [2.45, 2.75) is 38.0 Å². The number of aryl methyl sites for hydroxylation is 2. The van der Waals surface area contributed by atoms with E-state index in [4.69, 9.17) is 0 Å². The van der Waals surface area contributed by atoms with Crippen molar-refractivity contribution in [2.24, 2.45) is 5.92 Å². The van der Waals surface area contributed by atoms with E-state index in [1.807, 2.05) is 13.8 Å². The maximum Gasteiger partial charge on any atom is 0.243 e. The summed E-state index contributed by atoms with van der Waals surface area (Å²) < 4.78 is 26.8. The van der Waals surface area contributed by atoms with Crippen molar-refractivity contribution in [3.63, 3.8) is 0 Å². The van der Waals surface area contributed by atoms with Crippen molar-refractivity contribution in [1.82, 2.24) is 9.29 Å². The van der Waals surface area contributed by atoms with Crippen molar-refractivity contribution in [1.29, 1.82) is 0 Å². The molecule has 140 valence electrons. The molecule has 1 aliphatic heterocycles. The Hall–Kier alpha value is -1.77. The van der Waals surface area contributed by atoms with Gasteiger partial charge in [-0.15, -0.1) is 11.3 Å². The third kappa shape index (κ3) is 3.97. The van der Waals surface area contributed by atoms with E-state index in [1.54, 1.807) is 30.3 Å². The fraction of sp³-hybridized carbons (Fsp3) is 0.444. The summed E-state index contributed by atoms with van der Waals surface area (Å²) in [4.78, 5) is 18.3. The number of carbonyl (C=O) groups is 1. The number of amides is 1. The highest BCUT2D eigenvalue weighted by molar-refractivity contribution is 7.89. The predicted octanol–water partition coefficient (Wildman–Crippen LogP) is 3.05. The molecule has 8 heteroatoms. The van der Waals surface area contributed by atoms with E-state index in [0.29, 0.717) is 36.0 Å². The summed E-state index contributed by atoms with van der Waals surface area (Å²) in [6, 6.07) is 8.43. The third-order valence-corrected chi connectivity index (χ3v) is 7.50. The zero-order chi connectivity index (χ0) is 18.7. The molecule has 6 nitrogen and oxygen atoms in total. The fourth-order valence-electron chi connectivity index (χ4n) is 3.12. The first kappa shape index (κ1) is 19.0. The first-order chi connectivity index (χ1) is 12.4. The highest BCUT2D eigenvalue weighted by Crippen LogP contribution is 2.27. The highest BCUT2D eigenvalue weighted by Gasteiger charge is 2.32. The molecule has 1 fully saturated rings. The molecular formula is C18H23N3O3S2. The molecule has 2 heterocycles. The van der Waals surface area contributed by atoms with E-state index < -0.39 is 10.0 Å². The van der Waals surface area contributed by atoms with Gasteiger partial charge in [-0.2, -0.15) is 4.31 Å². The van der Waals surface area contributed by atoms with E-state index in [1.165, 1.54) is 15.6 Å². The summed E-state index contributed by atoms with van der Waals surface area (Å²) in [6.07, 6.45) is 1.87. The second kappa shape index (κ2) is 7.85. The van der Waals surface area contributed by atoms with Crippen LogP contribution in [0.2, 0.25) is 0 Å². The van der Waals surface area contributed by atoms with Gasteiger partial charge in [0.15, 0.2) is 5.13 Å². The average molecular weight is 394 g/mol. The number of piperidine rings is 1. The largest absolute Gasteiger partial charge is 0.302 e. The summed E-state index contributed by atoms with van der Waals surface area (Å²) in [5.74, 6) is -0.260. The number of nitrogens with one attached hydrogen (secondary N) is 1. The Morgan fingerprint density at radius 3 is 2.50 bits per heavy atom. The average Bonchev–Trinajstić information content (AvgIpc) is 3.01. The van der Waals surface area contributed by atoms with Crippen LogP contribution in [0.4, 0.5) is 5.13 Å². The zero-order valence-electron chi connectivity index (χ0n) is 14.9. The molecule has 0 unspecified atom stereocenters. The minimum absolute atomic E-state index is 0.0711. The Bertz CT molecular complexity index is 870. The normalized spacial score (nSPS) is 16.5. The Labute approximate surface area is 158 Å². The van der Waals surface area contributed by atoms with Gasteiger partial charge in [-0.05, 0) is 38.3 Å². The van der Waals surface area contributed by atoms with Crippen molar-refractivity contribution in [3.8, 4) is 0 Å². The van der Waals surface area contributed by atoms with Crippen LogP contribution in [-0.4, -0.2) is 36.7 Å². The minimum Gasteiger partial charge on any atom is -0.302 e. The van der Waals surface area contributed by atoms with Gasteiger partial charge < -0.3 is 5.32 Å². The molecule has 1 aromatic heterocycles. The number of rotatable bonds is 5. The minimum atomic E-state index is -3.48. The number of hydrogen-bond donors (Lipinski definition) is 1. The summed E-state index contributed by atoms with van der Waals surface area (Å²) in [6.45, 7) is 4.74. The molecule has 1 N–H and O–H groups in total. The van der Waals surface area contributed by atoms with Gasteiger partial charge in [0.25, 0.3) is 0 Å². The molecule has 1 saturated heterocycles. The number of benzene rings is 1. The van der Waals surface area contributed by atoms with E-state index in [-0.39, 0.29) is 11.8 Å². The van der Waals surface area contributed by atoms with Crippen molar-refractivity contribution in [2.75, 3.05) is 18.4 Å². The van der Waals surface area contributed by atoms with Crippen LogP contribution < -0.4 is 5.32 Å². The number of thiazole rings is 1.